The van der Waals surface area contributed by atoms with Crippen molar-refractivity contribution in [2.75, 3.05) is 18.6 Å². The summed E-state index contributed by atoms with van der Waals surface area (Å²) in [6, 6.07) is 20.4. The highest BCUT2D eigenvalue weighted by Gasteiger charge is 2.48. The van der Waals surface area contributed by atoms with Crippen LogP contribution in [-0.4, -0.2) is 40.7 Å². The van der Waals surface area contributed by atoms with E-state index in [1.807, 2.05) is 24.3 Å². The summed E-state index contributed by atoms with van der Waals surface area (Å²) in [5.74, 6) is -0.0542. The predicted molar refractivity (Wildman–Crippen MR) is 166 cm³/mol. The van der Waals surface area contributed by atoms with E-state index >= 15 is 0 Å². The van der Waals surface area contributed by atoms with Gasteiger partial charge in [0.2, 0.25) is 5.13 Å². The van der Waals surface area contributed by atoms with E-state index in [-0.39, 0.29) is 16.5 Å². The van der Waals surface area contributed by atoms with Crippen molar-refractivity contribution in [3.8, 4) is 11.5 Å². The first-order valence-electron chi connectivity index (χ1n) is 13.3. The van der Waals surface area contributed by atoms with Crippen LogP contribution in [0.1, 0.15) is 42.5 Å². The molecule has 3 aromatic carbocycles. The Morgan fingerprint density at radius 1 is 1.02 bits per heavy atom. The van der Waals surface area contributed by atoms with E-state index in [0.29, 0.717) is 44.3 Å². The highest BCUT2D eigenvalue weighted by Crippen LogP contribution is 2.44. The number of amides is 1. The standard InChI is InChI=1S/C31H28ClN3O5S2/c1-3-4-17-40-23-15-11-20(12-16-23)27(36)25-26(19-9-13-22(39-2)14-10-19)35(29(38)28(25)37)30-33-34-31(42-30)41-18-21-7-5-6-8-24(21)32/h5-16,26,36H,3-4,17-18H2,1-2H3/t26-/m0/s1. The number of carbonyl (C=O) groups excluding carboxylic acids is 2. The highest BCUT2D eigenvalue weighted by atomic mass is 35.5. The van der Waals surface area contributed by atoms with E-state index in [4.69, 9.17) is 21.1 Å². The number of hydrogen-bond donors (Lipinski definition) is 1. The zero-order valence-electron chi connectivity index (χ0n) is 23.0. The molecule has 1 aliphatic heterocycles. The maximum Gasteiger partial charge on any atom is 0.301 e. The van der Waals surface area contributed by atoms with E-state index < -0.39 is 17.7 Å². The molecule has 11 heteroatoms. The van der Waals surface area contributed by atoms with E-state index in [2.05, 4.69) is 17.1 Å². The van der Waals surface area contributed by atoms with Crippen molar-refractivity contribution in [3.63, 3.8) is 0 Å². The fourth-order valence-corrected chi connectivity index (χ4v) is 6.60. The van der Waals surface area contributed by atoms with Gasteiger partial charge in [0.1, 0.15) is 17.3 Å². The first-order chi connectivity index (χ1) is 20.4. The second-order valence-electron chi connectivity index (χ2n) is 9.40. The molecule has 0 unspecified atom stereocenters. The predicted octanol–water partition coefficient (Wildman–Crippen LogP) is 7.30. The summed E-state index contributed by atoms with van der Waals surface area (Å²) in [7, 11) is 1.56. The first-order valence-corrected chi connectivity index (χ1v) is 15.5. The van der Waals surface area contributed by atoms with E-state index in [1.165, 1.54) is 28.0 Å². The first kappa shape index (κ1) is 29.6. The molecule has 2 heterocycles. The lowest BCUT2D eigenvalue weighted by Crippen LogP contribution is -2.29. The van der Waals surface area contributed by atoms with E-state index in [1.54, 1.807) is 55.6 Å². The zero-order chi connectivity index (χ0) is 29.6. The SMILES string of the molecule is CCCCOc1ccc(C(O)=C2C(=O)C(=O)N(c3nnc(SCc4ccccc4Cl)s3)[C@H]2c2ccc(OC)cc2)cc1. The molecule has 1 saturated heterocycles. The van der Waals surface area contributed by atoms with Crippen molar-refractivity contribution in [1.82, 2.24) is 10.2 Å². The molecule has 0 bridgehead atoms. The van der Waals surface area contributed by atoms with Gasteiger partial charge in [0.05, 0.1) is 25.3 Å². The van der Waals surface area contributed by atoms with Gasteiger partial charge in [0.25, 0.3) is 5.78 Å². The summed E-state index contributed by atoms with van der Waals surface area (Å²) in [5, 5.41) is 20.8. The van der Waals surface area contributed by atoms with Gasteiger partial charge < -0.3 is 14.6 Å². The maximum atomic E-state index is 13.5. The number of aliphatic hydroxyl groups excluding tert-OH is 1. The normalized spacial score (nSPS) is 16.2. The molecule has 0 spiro atoms. The molecule has 1 fully saturated rings. The summed E-state index contributed by atoms with van der Waals surface area (Å²) in [5.41, 5.74) is 1.91. The number of benzene rings is 3. The number of anilines is 1. The Labute approximate surface area is 257 Å². The lowest BCUT2D eigenvalue weighted by atomic mass is 9.95. The fourth-order valence-electron chi connectivity index (χ4n) is 4.44. The third-order valence-corrected chi connectivity index (χ3v) is 9.15. The number of methoxy groups -OCH3 is 1. The second kappa shape index (κ2) is 13.4. The van der Waals surface area contributed by atoms with Gasteiger partial charge in [-0.25, -0.2) is 0 Å². The van der Waals surface area contributed by atoms with Gasteiger partial charge >= 0.3 is 5.91 Å². The average Bonchev–Trinajstić information content (AvgIpc) is 3.58. The molecular weight excluding hydrogens is 594 g/mol. The van der Waals surface area contributed by atoms with Crippen LogP contribution in [-0.2, 0) is 15.3 Å². The number of rotatable bonds is 11. The van der Waals surface area contributed by atoms with Crippen LogP contribution in [0.25, 0.3) is 5.76 Å². The fraction of sp³-hybridized carbons (Fsp3) is 0.226. The Balaban J connectivity index is 1.49. The zero-order valence-corrected chi connectivity index (χ0v) is 25.3. The molecule has 0 aliphatic carbocycles. The Morgan fingerprint density at radius 2 is 1.74 bits per heavy atom. The van der Waals surface area contributed by atoms with E-state index in [0.717, 1.165) is 18.4 Å². The molecule has 4 aromatic rings. The van der Waals surface area contributed by atoms with Crippen LogP contribution in [0.2, 0.25) is 5.02 Å². The molecule has 216 valence electrons. The Morgan fingerprint density at radius 3 is 2.43 bits per heavy atom. The number of halogens is 1. The van der Waals surface area contributed by atoms with Crippen molar-refractivity contribution in [1.29, 1.82) is 0 Å². The number of aromatic nitrogens is 2. The summed E-state index contributed by atoms with van der Waals surface area (Å²) < 4.78 is 11.6. The molecule has 1 amide bonds. The minimum absolute atomic E-state index is 0.0368. The summed E-state index contributed by atoms with van der Waals surface area (Å²) in [6.45, 7) is 2.67. The number of carbonyl (C=O) groups is 2. The molecular formula is C31H28ClN3O5S2. The minimum Gasteiger partial charge on any atom is -0.507 e. The molecule has 0 radical (unpaired) electrons. The molecule has 0 saturated carbocycles. The smallest absolute Gasteiger partial charge is 0.301 e. The van der Waals surface area contributed by atoms with Gasteiger partial charge in [-0.05, 0) is 60.0 Å². The maximum absolute atomic E-state index is 13.5. The number of hydrogen-bond acceptors (Lipinski definition) is 9. The molecule has 1 aromatic heterocycles. The lowest BCUT2D eigenvalue weighted by molar-refractivity contribution is -0.132. The van der Waals surface area contributed by atoms with Crippen LogP contribution >= 0.6 is 34.7 Å². The van der Waals surface area contributed by atoms with Crippen molar-refractivity contribution >= 4 is 57.3 Å². The van der Waals surface area contributed by atoms with Crippen molar-refractivity contribution < 1.29 is 24.2 Å². The van der Waals surface area contributed by atoms with Crippen molar-refractivity contribution in [2.45, 2.75) is 35.9 Å². The number of ether oxygens (including phenoxy) is 2. The summed E-state index contributed by atoms with van der Waals surface area (Å²) in [6.07, 6.45) is 1.94. The second-order valence-corrected chi connectivity index (χ2v) is 12.0. The van der Waals surface area contributed by atoms with E-state index in [9.17, 15) is 14.7 Å². The number of unbranched alkanes of at least 4 members (excludes halogenated alkanes) is 1. The lowest BCUT2D eigenvalue weighted by Gasteiger charge is -2.22. The van der Waals surface area contributed by atoms with Gasteiger partial charge in [-0.1, -0.05) is 78.4 Å². The third-order valence-electron chi connectivity index (χ3n) is 6.68. The average molecular weight is 622 g/mol. The number of Topliss-reactive ketones (excluding diaryl/α,β-unsaturated/α-hetero) is 1. The van der Waals surface area contributed by atoms with Crippen molar-refractivity contribution in [2.24, 2.45) is 0 Å². The topological polar surface area (TPSA) is 102 Å². The van der Waals surface area contributed by atoms with Gasteiger partial charge in [-0.15, -0.1) is 10.2 Å². The van der Waals surface area contributed by atoms with Crippen LogP contribution < -0.4 is 14.4 Å². The monoisotopic (exact) mass is 621 g/mol. The summed E-state index contributed by atoms with van der Waals surface area (Å²) in [4.78, 5) is 28.3. The Hall–Kier alpha value is -3.86. The molecule has 5 rings (SSSR count). The molecule has 8 nitrogen and oxygen atoms in total. The number of nitrogens with zero attached hydrogens (tertiary/aromatic N) is 3. The molecule has 42 heavy (non-hydrogen) atoms. The minimum atomic E-state index is -0.925. The van der Waals surface area contributed by atoms with Crippen LogP contribution in [0.3, 0.4) is 0 Å². The van der Waals surface area contributed by atoms with Crippen LogP contribution in [0.4, 0.5) is 5.13 Å². The van der Waals surface area contributed by atoms with Crippen LogP contribution in [0.5, 0.6) is 11.5 Å². The third kappa shape index (κ3) is 6.30. The molecule has 1 atom stereocenters. The highest BCUT2D eigenvalue weighted by molar-refractivity contribution is 8.00. The van der Waals surface area contributed by atoms with Crippen LogP contribution in [0.15, 0.2) is 82.7 Å². The van der Waals surface area contributed by atoms with Gasteiger partial charge in [-0.3, -0.25) is 14.5 Å². The van der Waals surface area contributed by atoms with Gasteiger partial charge in [-0.2, -0.15) is 0 Å². The quantitative estimate of drug-likeness (QED) is 0.0465. The Kier molecular flexibility index (Phi) is 9.46. The number of thioether (sulfide) groups is 1. The number of ketones is 1. The van der Waals surface area contributed by atoms with Crippen LogP contribution in [0, 0.1) is 0 Å². The molecule has 1 aliphatic rings. The number of aliphatic hydroxyl groups is 1. The molecule has 1 N–H and O–H groups in total. The summed E-state index contributed by atoms with van der Waals surface area (Å²) >= 11 is 8.92. The van der Waals surface area contributed by atoms with Crippen molar-refractivity contribution in [3.05, 3.63) is 100 Å². The van der Waals surface area contributed by atoms with Gasteiger partial charge in [0.15, 0.2) is 4.34 Å². The largest absolute Gasteiger partial charge is 0.507 e. The Bertz CT molecular complexity index is 1610. The van der Waals surface area contributed by atoms with Gasteiger partial charge in [0, 0.05) is 16.3 Å².